The van der Waals surface area contributed by atoms with E-state index in [-0.39, 0.29) is 40.5 Å². The molecule has 3 aromatic rings. The van der Waals surface area contributed by atoms with E-state index in [1.165, 1.54) is 40.7 Å². The van der Waals surface area contributed by atoms with Gasteiger partial charge < -0.3 is 29.2 Å². The smallest absolute Gasteiger partial charge is 0.165 e. The maximum atomic E-state index is 12.4. The van der Waals surface area contributed by atoms with E-state index in [1.807, 2.05) is 12.1 Å². The third-order valence-electron chi connectivity index (χ3n) is 16.1. The number of benzene rings is 3. The van der Waals surface area contributed by atoms with E-state index in [4.69, 9.17) is 18.9 Å². The van der Waals surface area contributed by atoms with Gasteiger partial charge in [-0.15, -0.1) is 0 Å². The number of piperidine rings is 2. The van der Waals surface area contributed by atoms with Crippen LogP contribution in [0.4, 0.5) is 0 Å². The van der Waals surface area contributed by atoms with Crippen molar-refractivity contribution in [1.29, 1.82) is 0 Å². The zero-order chi connectivity index (χ0) is 40.5. The lowest BCUT2D eigenvalue weighted by Crippen LogP contribution is -2.76. The SMILES string of the molecule is CCCCN1CC[C@@]23c4c5ccc(OC)c4O[C@@H]2C(C)(C)C=C[C@]3(O)[C@@H]1C5.COc1ccc2c3c1O[C@@H]1C(C)(C)C=C[C@]4(O)[C@H](C2)N(CCc2ccccc2)CC[C@@]314. The monoisotopic (exact) mass is 786 g/mol. The van der Waals surface area contributed by atoms with Gasteiger partial charge in [-0.1, -0.05) is 108 Å². The number of hydrogen-bond acceptors (Lipinski definition) is 8. The Morgan fingerprint density at radius 2 is 1.14 bits per heavy atom. The van der Waals surface area contributed by atoms with Crippen LogP contribution in [-0.2, 0) is 30.1 Å². The summed E-state index contributed by atoms with van der Waals surface area (Å²) in [4.78, 5) is 5.04. The van der Waals surface area contributed by atoms with Gasteiger partial charge >= 0.3 is 0 Å². The molecule has 2 spiro atoms. The first-order valence-corrected chi connectivity index (χ1v) is 21.9. The molecule has 2 saturated heterocycles. The van der Waals surface area contributed by atoms with Crippen LogP contribution < -0.4 is 18.9 Å². The number of hydrogen-bond donors (Lipinski definition) is 2. The largest absolute Gasteiger partial charge is 0.493 e. The second kappa shape index (κ2) is 13.1. The van der Waals surface area contributed by atoms with E-state index in [1.54, 1.807) is 14.2 Å². The highest BCUT2D eigenvalue weighted by molar-refractivity contribution is 5.66. The average Bonchev–Trinajstić information content (AvgIpc) is 3.77. The van der Waals surface area contributed by atoms with Crippen molar-refractivity contribution in [2.45, 2.75) is 126 Å². The minimum Gasteiger partial charge on any atom is -0.493 e. The van der Waals surface area contributed by atoms with Crippen molar-refractivity contribution in [3.63, 3.8) is 0 Å². The number of aliphatic hydroxyl groups is 2. The summed E-state index contributed by atoms with van der Waals surface area (Å²) in [6.07, 6.45) is 15.3. The fourth-order valence-corrected chi connectivity index (χ4v) is 13.4. The van der Waals surface area contributed by atoms with Crippen LogP contribution in [0.5, 0.6) is 23.0 Å². The lowest BCUT2D eigenvalue weighted by molar-refractivity contribution is -0.157. The van der Waals surface area contributed by atoms with Crippen molar-refractivity contribution in [2.24, 2.45) is 10.8 Å². The van der Waals surface area contributed by atoms with E-state index >= 15 is 0 Å². The molecule has 2 N–H and O–H groups in total. The van der Waals surface area contributed by atoms with Crippen LogP contribution in [0.2, 0.25) is 0 Å². The molecule has 4 heterocycles. The second-order valence-corrected chi connectivity index (χ2v) is 19.8. The molecule has 2 fully saturated rings. The third-order valence-corrected chi connectivity index (χ3v) is 16.1. The number of rotatable bonds is 8. The van der Waals surface area contributed by atoms with Crippen LogP contribution in [0.3, 0.4) is 0 Å². The van der Waals surface area contributed by atoms with E-state index in [9.17, 15) is 10.2 Å². The maximum Gasteiger partial charge on any atom is 0.165 e. The van der Waals surface area contributed by atoms with Gasteiger partial charge in [0.25, 0.3) is 0 Å². The molecule has 4 bridgehead atoms. The normalized spacial score (nSPS) is 35.8. The number of nitrogens with zero attached hydrogens (tertiary/aromatic N) is 2. The molecule has 8 atom stereocenters. The summed E-state index contributed by atoms with van der Waals surface area (Å²) < 4.78 is 24.7. The van der Waals surface area contributed by atoms with Crippen molar-refractivity contribution in [1.82, 2.24) is 9.80 Å². The third kappa shape index (κ3) is 4.89. The molecule has 8 aliphatic rings. The number of ether oxygens (including phenoxy) is 4. The van der Waals surface area contributed by atoms with Gasteiger partial charge in [0, 0.05) is 40.6 Å². The molecule has 4 aliphatic heterocycles. The van der Waals surface area contributed by atoms with Crippen LogP contribution in [0, 0.1) is 10.8 Å². The standard InChI is InChI=1S/C27H31NO3.C23H31NO3/c1-25(2)12-13-27(29)21-17-19-9-10-20(30-3)23-22(19)26(27,24(25)31-23)14-16-28(21)15-11-18-7-5-4-6-8-18;1-5-6-12-24-13-11-22-18-15-7-8-16(26-4)19(18)27-20(22)21(2,3)9-10-23(22,25)17(24)14-15/h4-10,12-13,21,24,29H,11,14-17H2,1-3H3;7-10,17,20,25H,5-6,11-14H2,1-4H3/t21-,24+,26+,27-;17-,20+,22+,23-/m00/s1. The zero-order valence-electron chi connectivity index (χ0n) is 35.5. The van der Waals surface area contributed by atoms with E-state index in [0.717, 1.165) is 81.3 Å². The Bertz CT molecular complexity index is 2180. The molecule has 3 aromatic carbocycles. The Morgan fingerprint density at radius 3 is 1.60 bits per heavy atom. The van der Waals surface area contributed by atoms with Crippen molar-refractivity contribution in [3.8, 4) is 23.0 Å². The summed E-state index contributed by atoms with van der Waals surface area (Å²) >= 11 is 0. The second-order valence-electron chi connectivity index (χ2n) is 19.8. The van der Waals surface area contributed by atoms with Gasteiger partial charge in [0.15, 0.2) is 23.0 Å². The Kier molecular flexibility index (Phi) is 8.66. The van der Waals surface area contributed by atoms with Gasteiger partial charge in [0.1, 0.15) is 23.4 Å². The summed E-state index contributed by atoms with van der Waals surface area (Å²) in [5, 5.41) is 24.7. The fourth-order valence-electron chi connectivity index (χ4n) is 13.4. The zero-order valence-corrected chi connectivity index (χ0v) is 35.5. The Balaban J connectivity index is 0.000000142. The van der Waals surface area contributed by atoms with Crippen LogP contribution in [0.25, 0.3) is 0 Å². The highest BCUT2D eigenvalue weighted by atomic mass is 16.5. The molecule has 0 radical (unpaired) electrons. The molecule has 0 unspecified atom stereocenters. The van der Waals surface area contributed by atoms with Crippen molar-refractivity contribution < 1.29 is 29.2 Å². The average molecular weight is 787 g/mol. The van der Waals surface area contributed by atoms with Gasteiger partial charge in [-0.3, -0.25) is 9.80 Å². The predicted octanol–water partition coefficient (Wildman–Crippen LogP) is 7.35. The lowest BCUT2D eigenvalue weighted by Gasteiger charge is -2.63. The van der Waals surface area contributed by atoms with Gasteiger partial charge in [0.05, 0.1) is 25.0 Å². The lowest BCUT2D eigenvalue weighted by atomic mass is 9.47. The number of unbranched alkanes of at least 4 members (excludes halogenated alkanes) is 1. The minimum absolute atomic E-state index is 0.0512. The minimum atomic E-state index is -0.938. The van der Waals surface area contributed by atoms with Crippen molar-refractivity contribution in [3.05, 3.63) is 107 Å². The quantitative estimate of drug-likeness (QED) is 0.230. The molecular weight excluding hydrogens is 725 g/mol. The fraction of sp³-hybridized carbons (Fsp3) is 0.560. The Morgan fingerprint density at radius 1 is 0.655 bits per heavy atom. The molecule has 308 valence electrons. The van der Waals surface area contributed by atoms with Crippen molar-refractivity contribution in [2.75, 3.05) is 40.4 Å². The molecule has 0 saturated carbocycles. The first kappa shape index (κ1) is 38.4. The van der Waals surface area contributed by atoms with Crippen LogP contribution in [-0.4, -0.2) is 95.9 Å². The molecule has 11 rings (SSSR count). The summed E-state index contributed by atoms with van der Waals surface area (Å²) in [6, 6.07) is 19.3. The van der Waals surface area contributed by atoms with E-state index in [0.29, 0.717) is 0 Å². The molecule has 4 aliphatic carbocycles. The summed E-state index contributed by atoms with van der Waals surface area (Å²) in [7, 11) is 3.41. The van der Waals surface area contributed by atoms with E-state index in [2.05, 4.69) is 111 Å². The topological polar surface area (TPSA) is 83.9 Å². The van der Waals surface area contributed by atoms with Crippen LogP contribution in [0.15, 0.2) is 78.9 Å². The summed E-state index contributed by atoms with van der Waals surface area (Å²) in [5.41, 5.74) is 3.49. The van der Waals surface area contributed by atoms with E-state index < -0.39 is 16.6 Å². The first-order valence-electron chi connectivity index (χ1n) is 21.9. The summed E-state index contributed by atoms with van der Waals surface area (Å²) in [6.45, 7) is 15.2. The van der Waals surface area contributed by atoms with Gasteiger partial charge in [-0.25, -0.2) is 0 Å². The van der Waals surface area contributed by atoms with Crippen molar-refractivity contribution >= 4 is 0 Å². The molecule has 58 heavy (non-hydrogen) atoms. The number of likely N-dealkylation sites (tertiary alicyclic amines) is 2. The maximum absolute atomic E-state index is 12.4. The summed E-state index contributed by atoms with van der Waals surface area (Å²) in [5.74, 6) is 3.31. The predicted molar refractivity (Wildman–Crippen MR) is 226 cm³/mol. The van der Waals surface area contributed by atoms with Gasteiger partial charge in [0.2, 0.25) is 0 Å². The van der Waals surface area contributed by atoms with Gasteiger partial charge in [-0.2, -0.15) is 0 Å². The highest BCUT2D eigenvalue weighted by Gasteiger charge is 2.74. The molecule has 0 amide bonds. The molecule has 8 nitrogen and oxygen atoms in total. The van der Waals surface area contributed by atoms with Crippen LogP contribution in [0.1, 0.15) is 88.1 Å². The molecular formula is C50H62N2O6. The highest BCUT2D eigenvalue weighted by Crippen LogP contribution is 2.68. The van der Waals surface area contributed by atoms with Crippen LogP contribution >= 0.6 is 0 Å². The number of methoxy groups -OCH3 is 2. The Labute approximate surface area is 344 Å². The molecule has 8 heteroatoms. The van der Waals surface area contributed by atoms with Gasteiger partial charge in [-0.05, 0) is 87.0 Å². The molecule has 0 aromatic heterocycles. The first-order chi connectivity index (χ1) is 27.8. The Hall–Kier alpha value is -3.82.